The number of carbonyl (C=O) groups is 2. The number of benzene rings is 2. The molecule has 0 fully saturated rings. The number of nitrogens with zero attached hydrogens (tertiary/aromatic N) is 1. The zero-order valence-corrected chi connectivity index (χ0v) is 12.1. The van der Waals surface area contributed by atoms with Gasteiger partial charge in [0.25, 0.3) is 5.97 Å². The number of aliphatic carboxylic acids is 1. The number of amides is 2. The maximum Gasteiger partial charge on any atom is 0.323 e. The van der Waals surface area contributed by atoms with Crippen LogP contribution in [0.15, 0.2) is 48.5 Å². The number of anilines is 2. The first-order valence-electron chi connectivity index (χ1n) is 6.66. The van der Waals surface area contributed by atoms with Crippen molar-refractivity contribution in [3.63, 3.8) is 0 Å². The van der Waals surface area contributed by atoms with Gasteiger partial charge in [0.05, 0.1) is 11.4 Å². The van der Waals surface area contributed by atoms with Gasteiger partial charge >= 0.3 is 6.03 Å². The van der Waals surface area contributed by atoms with Gasteiger partial charge in [0.2, 0.25) is 0 Å². The molecule has 0 saturated heterocycles. The van der Waals surface area contributed by atoms with E-state index in [0.29, 0.717) is 0 Å². The molecule has 2 aromatic carbocycles. The molecule has 1 aliphatic heterocycles. The molecule has 22 heavy (non-hydrogen) atoms. The van der Waals surface area contributed by atoms with Crippen LogP contribution in [-0.4, -0.2) is 17.1 Å². The first kappa shape index (κ1) is 15.3. The number of hydrogen-bond acceptors (Lipinski definition) is 2. The first-order chi connectivity index (χ1) is 10.5. The molecule has 0 aromatic heterocycles. The summed E-state index contributed by atoms with van der Waals surface area (Å²) in [7, 11) is 0. The molecule has 2 aromatic rings. The fourth-order valence-electron chi connectivity index (χ4n) is 2.21. The number of nitrogens with two attached hydrogens (primary N) is 1. The monoisotopic (exact) mass is 296 g/mol. The van der Waals surface area contributed by atoms with Crippen molar-refractivity contribution in [2.75, 3.05) is 4.90 Å². The molecular weight excluding hydrogens is 280 g/mol. The lowest BCUT2D eigenvalue weighted by molar-refractivity contribution is -0.134. The summed E-state index contributed by atoms with van der Waals surface area (Å²) in [5, 5.41) is 7.42. The maximum atomic E-state index is 11.8. The molecule has 112 valence electrons. The molecule has 5 heteroatoms. The summed E-state index contributed by atoms with van der Waals surface area (Å²) in [6, 6.07) is 14.9. The van der Waals surface area contributed by atoms with Crippen molar-refractivity contribution < 1.29 is 14.7 Å². The van der Waals surface area contributed by atoms with E-state index in [4.69, 9.17) is 15.6 Å². The van der Waals surface area contributed by atoms with E-state index in [9.17, 15) is 4.79 Å². The quantitative estimate of drug-likeness (QED) is 0.780. The topological polar surface area (TPSA) is 83.6 Å². The molecule has 0 radical (unpaired) electrons. The van der Waals surface area contributed by atoms with E-state index < -0.39 is 12.0 Å². The van der Waals surface area contributed by atoms with Crippen LogP contribution in [0.4, 0.5) is 16.2 Å². The van der Waals surface area contributed by atoms with Crippen molar-refractivity contribution in [3.8, 4) is 0 Å². The van der Waals surface area contributed by atoms with E-state index in [-0.39, 0.29) is 0 Å². The van der Waals surface area contributed by atoms with Crippen molar-refractivity contribution >= 4 is 35.5 Å². The predicted molar refractivity (Wildman–Crippen MR) is 86.8 cm³/mol. The minimum atomic E-state index is -0.833. The lowest BCUT2D eigenvalue weighted by Gasteiger charge is -2.22. The van der Waals surface area contributed by atoms with Crippen LogP contribution in [-0.2, 0) is 4.79 Å². The summed E-state index contributed by atoms with van der Waals surface area (Å²) >= 11 is 0. The van der Waals surface area contributed by atoms with E-state index in [1.807, 2.05) is 60.7 Å². The van der Waals surface area contributed by atoms with Gasteiger partial charge < -0.3 is 10.8 Å². The Balaban J connectivity index is 0.000000396. The molecule has 0 bridgehead atoms. The largest absolute Gasteiger partial charge is 0.481 e. The van der Waals surface area contributed by atoms with Gasteiger partial charge in [-0.3, -0.25) is 9.69 Å². The Labute approximate surface area is 128 Å². The third kappa shape index (κ3) is 3.32. The van der Waals surface area contributed by atoms with Gasteiger partial charge in [-0.1, -0.05) is 48.6 Å². The molecule has 5 nitrogen and oxygen atoms in total. The van der Waals surface area contributed by atoms with Crippen LogP contribution in [0.1, 0.15) is 18.1 Å². The molecule has 1 aliphatic rings. The number of carboxylic acids is 1. The number of carboxylic acid groups (broad SMARTS) is 1. The van der Waals surface area contributed by atoms with Crippen LogP contribution >= 0.6 is 0 Å². The van der Waals surface area contributed by atoms with E-state index in [2.05, 4.69) is 0 Å². The Morgan fingerprint density at radius 2 is 1.27 bits per heavy atom. The second kappa shape index (κ2) is 6.58. The average Bonchev–Trinajstić information content (AvgIpc) is 2.63. The summed E-state index contributed by atoms with van der Waals surface area (Å²) in [4.78, 5) is 22.3. The summed E-state index contributed by atoms with van der Waals surface area (Å²) in [5.74, 6) is -0.833. The van der Waals surface area contributed by atoms with Crippen molar-refractivity contribution in [3.05, 3.63) is 59.7 Å². The fraction of sp³-hybridized carbons (Fsp3) is 0.0588. The van der Waals surface area contributed by atoms with Gasteiger partial charge in [0, 0.05) is 6.92 Å². The van der Waals surface area contributed by atoms with Gasteiger partial charge in [-0.15, -0.1) is 0 Å². The van der Waals surface area contributed by atoms with Gasteiger partial charge in [-0.05, 0) is 23.3 Å². The van der Waals surface area contributed by atoms with E-state index in [1.54, 1.807) is 4.90 Å². The normalized spacial score (nSPS) is 11.4. The molecular formula is C17H16N2O3. The molecule has 1 heterocycles. The van der Waals surface area contributed by atoms with Gasteiger partial charge in [0.15, 0.2) is 0 Å². The molecule has 0 atom stereocenters. The van der Waals surface area contributed by atoms with Crippen LogP contribution < -0.4 is 10.6 Å². The van der Waals surface area contributed by atoms with Gasteiger partial charge in [0.1, 0.15) is 0 Å². The predicted octanol–water partition coefficient (Wildman–Crippen LogP) is 3.48. The summed E-state index contributed by atoms with van der Waals surface area (Å²) < 4.78 is 0. The van der Waals surface area contributed by atoms with Crippen LogP contribution in [0.3, 0.4) is 0 Å². The molecule has 0 unspecified atom stereocenters. The second-order valence-corrected chi connectivity index (χ2v) is 4.64. The van der Waals surface area contributed by atoms with E-state index in [0.717, 1.165) is 29.4 Å². The Morgan fingerprint density at radius 3 is 1.64 bits per heavy atom. The Hall–Kier alpha value is -3.08. The van der Waals surface area contributed by atoms with Crippen LogP contribution in [0.25, 0.3) is 12.2 Å². The third-order valence-electron chi connectivity index (χ3n) is 3.02. The number of rotatable bonds is 0. The molecule has 0 aliphatic carbocycles. The minimum absolute atomic E-state index is 0.474. The lowest BCUT2D eigenvalue weighted by atomic mass is 10.1. The van der Waals surface area contributed by atoms with Crippen LogP contribution in [0.2, 0.25) is 0 Å². The number of primary amides is 1. The SMILES string of the molecule is CC(=O)O.NC(=O)N1c2ccccc2C=Cc2ccccc21. The third-order valence-corrected chi connectivity index (χ3v) is 3.02. The highest BCUT2D eigenvalue weighted by atomic mass is 16.4. The molecule has 2 amide bonds. The van der Waals surface area contributed by atoms with Crippen molar-refractivity contribution in [1.82, 2.24) is 0 Å². The van der Waals surface area contributed by atoms with E-state index in [1.165, 1.54) is 0 Å². The Morgan fingerprint density at radius 1 is 0.909 bits per heavy atom. The van der Waals surface area contributed by atoms with Crippen LogP contribution in [0, 0.1) is 0 Å². The smallest absolute Gasteiger partial charge is 0.323 e. The molecule has 3 N–H and O–H groups in total. The highest BCUT2D eigenvalue weighted by Crippen LogP contribution is 2.35. The first-order valence-corrected chi connectivity index (χ1v) is 6.66. The number of carbonyl (C=O) groups excluding carboxylic acids is 1. The van der Waals surface area contributed by atoms with Crippen molar-refractivity contribution in [2.45, 2.75) is 6.92 Å². The Kier molecular flexibility index (Phi) is 4.58. The van der Waals surface area contributed by atoms with Crippen molar-refractivity contribution in [1.29, 1.82) is 0 Å². The average molecular weight is 296 g/mol. The highest BCUT2D eigenvalue weighted by Gasteiger charge is 2.21. The Bertz CT molecular complexity index is 685. The van der Waals surface area contributed by atoms with Crippen molar-refractivity contribution in [2.24, 2.45) is 5.73 Å². The molecule has 3 rings (SSSR count). The number of fused-ring (bicyclic) bond motifs is 2. The molecule has 0 saturated carbocycles. The zero-order valence-electron chi connectivity index (χ0n) is 12.1. The second-order valence-electron chi connectivity index (χ2n) is 4.64. The van der Waals surface area contributed by atoms with E-state index >= 15 is 0 Å². The summed E-state index contributed by atoms with van der Waals surface area (Å²) in [6.07, 6.45) is 3.99. The fourth-order valence-corrected chi connectivity index (χ4v) is 2.21. The minimum Gasteiger partial charge on any atom is -0.481 e. The lowest BCUT2D eigenvalue weighted by Crippen LogP contribution is -2.32. The summed E-state index contributed by atoms with van der Waals surface area (Å²) in [6.45, 7) is 1.08. The maximum absolute atomic E-state index is 11.8. The van der Waals surface area contributed by atoms with Crippen LogP contribution in [0.5, 0.6) is 0 Å². The number of para-hydroxylation sites is 2. The summed E-state index contributed by atoms with van der Waals surface area (Å²) in [5.41, 5.74) is 9.11. The van der Waals surface area contributed by atoms with Gasteiger partial charge in [-0.25, -0.2) is 4.79 Å². The molecule has 0 spiro atoms. The zero-order chi connectivity index (χ0) is 16.1. The highest BCUT2D eigenvalue weighted by molar-refractivity contribution is 6.04. The van der Waals surface area contributed by atoms with Gasteiger partial charge in [-0.2, -0.15) is 0 Å². The standard InChI is InChI=1S/C15H12N2O.C2H4O2/c16-15(18)17-13-7-3-1-5-11(13)9-10-12-6-2-4-8-14(12)17;1-2(3)4/h1-10H,(H2,16,18);1H3,(H,3,4). The number of hydrogen-bond donors (Lipinski definition) is 2. The number of urea groups is 1.